The van der Waals surface area contributed by atoms with Gasteiger partial charge in [0, 0.05) is 50.9 Å². The third kappa shape index (κ3) is 4.20. The lowest BCUT2D eigenvalue weighted by molar-refractivity contribution is 0.949. The predicted octanol–water partition coefficient (Wildman–Crippen LogP) is 9.50. The Morgan fingerprint density at radius 1 is 0.651 bits per heavy atom. The number of anilines is 6. The summed E-state index contributed by atoms with van der Waals surface area (Å²) in [6, 6.07) is 45.4. The summed E-state index contributed by atoms with van der Waals surface area (Å²) in [7, 11) is 2.12. The first-order valence-electron chi connectivity index (χ1n) is 15.9. The van der Waals surface area contributed by atoms with Crippen LogP contribution < -0.4 is 14.7 Å². The van der Waals surface area contributed by atoms with Crippen LogP contribution in [0.2, 0.25) is 0 Å². The van der Waals surface area contributed by atoms with E-state index in [9.17, 15) is 0 Å². The number of hydrogen-bond acceptors (Lipinski definition) is 4. The molecule has 208 valence electrons. The van der Waals surface area contributed by atoms with Gasteiger partial charge in [-0.1, -0.05) is 60.7 Å². The van der Waals surface area contributed by atoms with Gasteiger partial charge in [0.1, 0.15) is 5.82 Å². The second-order valence-electron chi connectivity index (χ2n) is 10.9. The Balaban J connectivity index is 1.32. The molecule has 5 nitrogen and oxygen atoms in total. The summed E-state index contributed by atoms with van der Waals surface area (Å²) in [4.78, 5) is 11.5. The average Bonchev–Trinajstić information content (AvgIpc) is 3.60. The number of nitrogens with zero attached hydrogens (tertiary/aromatic N) is 5. The summed E-state index contributed by atoms with van der Waals surface area (Å²) in [5.41, 5.74) is 8.71. The molecule has 0 aliphatic carbocycles. The van der Waals surface area contributed by atoms with Gasteiger partial charge in [0.05, 0.1) is 29.1 Å². The van der Waals surface area contributed by atoms with E-state index in [2.05, 4.69) is 134 Å². The van der Waals surface area contributed by atoms with E-state index in [-0.39, 0.29) is 5.56 Å². The third-order valence-electron chi connectivity index (χ3n) is 8.24. The highest BCUT2D eigenvalue weighted by molar-refractivity contribution is 6.10. The smallest absolute Gasteiger partial charge is 0.137 e. The maximum atomic E-state index is 8.02. The largest absolute Gasteiger partial charge is 0.355 e. The standard InChI is InChI=1S/C38H31N5/c1-27-21-22-39-38(23-27)43-34-16-7-6-15-32(34)33-20-19-31(25-37(33)43)42(28-11-4-3-5-12-28)30-14-10-13-29(24-30)41-26-40(2)35-17-8-9-18-36(35)41/h3-25H,26H2,1-2H3/i1D3. The van der Waals surface area contributed by atoms with Gasteiger partial charge in [0.15, 0.2) is 0 Å². The van der Waals surface area contributed by atoms with Crippen LogP contribution in [0.25, 0.3) is 27.6 Å². The molecule has 0 N–H and O–H groups in total. The number of hydrogen-bond donors (Lipinski definition) is 0. The lowest BCUT2D eigenvalue weighted by Gasteiger charge is -2.27. The minimum absolute atomic E-state index is 0.261. The number of pyridine rings is 1. The molecule has 0 radical (unpaired) electrons. The molecule has 1 aliphatic rings. The van der Waals surface area contributed by atoms with E-state index in [1.165, 1.54) is 11.4 Å². The van der Waals surface area contributed by atoms with Crippen LogP contribution in [0.4, 0.5) is 34.1 Å². The molecular formula is C38H31N5. The van der Waals surface area contributed by atoms with Crippen LogP contribution in [0.5, 0.6) is 0 Å². The van der Waals surface area contributed by atoms with Gasteiger partial charge in [-0.2, -0.15) is 0 Å². The molecule has 0 amide bonds. The van der Waals surface area contributed by atoms with Crippen molar-refractivity contribution in [3.63, 3.8) is 0 Å². The van der Waals surface area contributed by atoms with Gasteiger partial charge in [0.2, 0.25) is 0 Å². The fraction of sp³-hybridized carbons (Fsp3) is 0.0789. The number of aryl methyl sites for hydroxylation is 1. The number of benzene rings is 5. The summed E-state index contributed by atoms with van der Waals surface area (Å²) in [5, 5.41) is 2.15. The fourth-order valence-electron chi connectivity index (χ4n) is 6.31. The van der Waals surface area contributed by atoms with Gasteiger partial charge < -0.3 is 14.7 Å². The normalized spacial score (nSPS) is 14.0. The van der Waals surface area contributed by atoms with Crippen molar-refractivity contribution < 1.29 is 4.11 Å². The first-order chi connectivity index (χ1) is 22.4. The third-order valence-corrected chi connectivity index (χ3v) is 8.24. The lowest BCUT2D eigenvalue weighted by atomic mass is 10.1. The minimum atomic E-state index is -2.23. The van der Waals surface area contributed by atoms with Crippen LogP contribution in [-0.4, -0.2) is 23.3 Å². The summed E-state index contributed by atoms with van der Waals surface area (Å²) in [6.07, 6.45) is 1.58. The second-order valence-corrected chi connectivity index (χ2v) is 10.9. The van der Waals surface area contributed by atoms with Crippen molar-refractivity contribution in [1.82, 2.24) is 9.55 Å². The SMILES string of the molecule is [2H]C([2H])([2H])c1ccnc(-n2c3ccccc3c3ccc(N(c4ccccc4)c4cccc(N5CN(C)c6ccccc65)c4)cc32)c1. The monoisotopic (exact) mass is 560 g/mol. The Labute approximate surface area is 255 Å². The first-order valence-corrected chi connectivity index (χ1v) is 14.4. The van der Waals surface area contributed by atoms with Gasteiger partial charge in [-0.25, -0.2) is 4.98 Å². The summed E-state index contributed by atoms with van der Waals surface area (Å²) in [5.74, 6) is 0.571. The predicted molar refractivity (Wildman–Crippen MR) is 180 cm³/mol. The van der Waals surface area contributed by atoms with Crippen molar-refractivity contribution >= 4 is 55.9 Å². The Morgan fingerprint density at radius 3 is 2.28 bits per heavy atom. The minimum Gasteiger partial charge on any atom is -0.355 e. The van der Waals surface area contributed by atoms with Crippen molar-refractivity contribution in [2.75, 3.05) is 28.4 Å². The molecule has 5 heteroatoms. The Morgan fingerprint density at radius 2 is 1.40 bits per heavy atom. The van der Waals surface area contributed by atoms with Crippen LogP contribution in [0.3, 0.4) is 0 Å². The van der Waals surface area contributed by atoms with Gasteiger partial charge in [0.25, 0.3) is 0 Å². The number of rotatable bonds is 5. The van der Waals surface area contributed by atoms with Crippen molar-refractivity contribution in [3.05, 3.63) is 145 Å². The molecular weight excluding hydrogens is 526 g/mol. The fourth-order valence-corrected chi connectivity index (χ4v) is 6.31. The van der Waals surface area contributed by atoms with E-state index in [1.54, 1.807) is 18.3 Å². The van der Waals surface area contributed by atoms with E-state index in [4.69, 9.17) is 4.11 Å². The molecule has 1 aliphatic heterocycles. The van der Waals surface area contributed by atoms with Gasteiger partial charge in [-0.3, -0.25) is 4.57 Å². The van der Waals surface area contributed by atoms with Crippen molar-refractivity contribution in [1.29, 1.82) is 0 Å². The zero-order valence-corrected chi connectivity index (χ0v) is 23.7. The molecule has 0 bridgehead atoms. The van der Waals surface area contributed by atoms with E-state index >= 15 is 0 Å². The Bertz CT molecular complexity index is 2220. The maximum absolute atomic E-state index is 8.02. The summed E-state index contributed by atoms with van der Waals surface area (Å²) >= 11 is 0. The van der Waals surface area contributed by atoms with Crippen LogP contribution >= 0.6 is 0 Å². The average molecular weight is 561 g/mol. The highest BCUT2D eigenvalue weighted by Crippen LogP contribution is 2.43. The molecule has 2 aromatic heterocycles. The Kier molecular flexibility index (Phi) is 5.17. The molecule has 0 fully saturated rings. The maximum Gasteiger partial charge on any atom is 0.137 e. The number of aromatic nitrogens is 2. The van der Waals surface area contributed by atoms with Crippen LogP contribution in [0, 0.1) is 6.85 Å². The zero-order chi connectivity index (χ0) is 31.4. The van der Waals surface area contributed by atoms with Crippen molar-refractivity contribution in [2.24, 2.45) is 0 Å². The molecule has 0 unspecified atom stereocenters. The van der Waals surface area contributed by atoms with Crippen LogP contribution in [0.15, 0.2) is 140 Å². The second kappa shape index (κ2) is 10.1. The molecule has 0 atom stereocenters. The quantitative estimate of drug-likeness (QED) is 0.210. The molecule has 8 rings (SSSR count). The van der Waals surface area contributed by atoms with E-state index < -0.39 is 6.85 Å². The molecule has 5 aromatic carbocycles. The van der Waals surface area contributed by atoms with E-state index in [0.29, 0.717) is 5.82 Å². The topological polar surface area (TPSA) is 27.5 Å². The molecule has 43 heavy (non-hydrogen) atoms. The molecule has 0 saturated heterocycles. The highest BCUT2D eigenvalue weighted by Gasteiger charge is 2.25. The van der Waals surface area contributed by atoms with E-state index in [1.807, 2.05) is 18.2 Å². The Hall–Kier alpha value is -5.55. The molecule has 7 aromatic rings. The van der Waals surface area contributed by atoms with Crippen LogP contribution in [-0.2, 0) is 0 Å². The van der Waals surface area contributed by atoms with Gasteiger partial charge >= 0.3 is 0 Å². The number of fused-ring (bicyclic) bond motifs is 4. The van der Waals surface area contributed by atoms with Crippen molar-refractivity contribution in [2.45, 2.75) is 6.85 Å². The molecule has 0 spiro atoms. The summed E-state index contributed by atoms with van der Waals surface area (Å²) in [6.45, 7) is -1.47. The molecule has 0 saturated carbocycles. The summed E-state index contributed by atoms with van der Waals surface area (Å²) < 4.78 is 26.1. The van der Waals surface area contributed by atoms with Crippen LogP contribution in [0.1, 0.15) is 9.68 Å². The van der Waals surface area contributed by atoms with Crippen molar-refractivity contribution in [3.8, 4) is 5.82 Å². The molecule has 3 heterocycles. The lowest BCUT2D eigenvalue weighted by Crippen LogP contribution is -2.24. The first kappa shape index (κ1) is 22.1. The van der Waals surface area contributed by atoms with Gasteiger partial charge in [-0.05, 0) is 85.2 Å². The number of para-hydroxylation sites is 4. The highest BCUT2D eigenvalue weighted by atomic mass is 15.4. The zero-order valence-electron chi connectivity index (χ0n) is 26.7. The van der Waals surface area contributed by atoms with E-state index in [0.717, 1.165) is 51.2 Å². The van der Waals surface area contributed by atoms with Gasteiger partial charge in [-0.15, -0.1) is 0 Å².